The summed E-state index contributed by atoms with van der Waals surface area (Å²) in [5.74, 6) is 0. The van der Waals surface area contributed by atoms with Gasteiger partial charge in [0.05, 0.1) is 18.8 Å². The Bertz CT molecular complexity index is 677. The average molecular weight is 587 g/mol. The third-order valence-electron chi connectivity index (χ3n) is 9.76. The first-order valence-corrected chi connectivity index (χ1v) is 23.4. The molecule has 1 rings (SSSR count). The average Bonchev–Trinajstić information content (AvgIpc) is 2.96. The molecule has 0 bridgehead atoms. The van der Waals surface area contributed by atoms with Crippen molar-refractivity contribution < 1.29 is 23.1 Å². The van der Waals surface area contributed by atoms with Crippen LogP contribution in [0.15, 0.2) is 23.8 Å². The molecule has 0 heterocycles. The SMILES string of the molecule is C=C1/C(=C\CO)C[C@@H](O[Si](CC)(CC)CC)[C@@H](OCCCO[Si](CC)(CC)CC)[C@H]1O[Si](CC)(CC)CC. The summed E-state index contributed by atoms with van der Waals surface area (Å²) >= 11 is 0. The van der Waals surface area contributed by atoms with Crippen LogP contribution in [0.2, 0.25) is 54.4 Å². The Morgan fingerprint density at radius 2 is 1.21 bits per heavy atom. The van der Waals surface area contributed by atoms with Crippen molar-refractivity contribution in [2.24, 2.45) is 0 Å². The molecule has 0 amide bonds. The maximum absolute atomic E-state index is 9.82. The van der Waals surface area contributed by atoms with Gasteiger partial charge in [0.1, 0.15) is 6.10 Å². The number of aliphatic hydroxyl groups excluding tert-OH is 1. The van der Waals surface area contributed by atoms with E-state index < -0.39 is 25.0 Å². The predicted molar refractivity (Wildman–Crippen MR) is 171 cm³/mol. The zero-order valence-corrected chi connectivity index (χ0v) is 29.5. The second-order valence-electron chi connectivity index (χ2n) is 11.1. The summed E-state index contributed by atoms with van der Waals surface area (Å²) < 4.78 is 27.5. The van der Waals surface area contributed by atoms with E-state index in [4.69, 9.17) is 18.0 Å². The third kappa shape index (κ3) is 9.23. The molecule has 1 aliphatic carbocycles. The smallest absolute Gasteiger partial charge is 0.193 e. The molecule has 38 heavy (non-hydrogen) atoms. The summed E-state index contributed by atoms with van der Waals surface area (Å²) in [7, 11) is -5.43. The van der Waals surface area contributed by atoms with Crippen LogP contribution in [0.25, 0.3) is 0 Å². The molecule has 224 valence electrons. The number of hydrogen-bond acceptors (Lipinski definition) is 5. The van der Waals surface area contributed by atoms with Gasteiger partial charge in [-0.25, -0.2) is 0 Å². The van der Waals surface area contributed by atoms with Crippen LogP contribution in [-0.2, 0) is 18.0 Å². The Kier molecular flexibility index (Phi) is 16.7. The van der Waals surface area contributed by atoms with E-state index in [0.717, 1.165) is 66.9 Å². The highest BCUT2D eigenvalue weighted by molar-refractivity contribution is 6.74. The van der Waals surface area contributed by atoms with Crippen molar-refractivity contribution in [1.82, 2.24) is 0 Å². The van der Waals surface area contributed by atoms with E-state index >= 15 is 0 Å². The highest BCUT2D eigenvalue weighted by atomic mass is 28.4. The first kappa shape index (κ1) is 36.0. The highest BCUT2D eigenvalue weighted by Gasteiger charge is 2.46. The molecule has 1 aliphatic rings. The second kappa shape index (κ2) is 17.7. The Morgan fingerprint density at radius 1 is 0.737 bits per heavy atom. The largest absolute Gasteiger partial charge is 0.417 e. The van der Waals surface area contributed by atoms with Crippen molar-refractivity contribution in [3.8, 4) is 0 Å². The fourth-order valence-corrected chi connectivity index (χ4v) is 14.4. The summed E-state index contributed by atoms with van der Waals surface area (Å²) in [5, 5.41) is 9.82. The van der Waals surface area contributed by atoms with E-state index in [9.17, 15) is 5.11 Å². The molecule has 0 unspecified atom stereocenters. The fraction of sp³-hybridized carbons (Fsp3) is 0.867. The molecule has 1 N–H and O–H groups in total. The number of rotatable bonds is 20. The van der Waals surface area contributed by atoms with Gasteiger partial charge in [0.15, 0.2) is 25.0 Å². The van der Waals surface area contributed by atoms with Crippen LogP contribution in [-0.4, -0.2) is 68.2 Å². The third-order valence-corrected chi connectivity index (χ3v) is 23.7. The molecule has 0 aromatic heterocycles. The minimum Gasteiger partial charge on any atom is -0.417 e. The van der Waals surface area contributed by atoms with Gasteiger partial charge in [-0.05, 0) is 72.0 Å². The highest BCUT2D eigenvalue weighted by Crippen LogP contribution is 2.40. The molecule has 0 saturated heterocycles. The lowest BCUT2D eigenvalue weighted by Crippen LogP contribution is -2.55. The first-order chi connectivity index (χ1) is 18.2. The van der Waals surface area contributed by atoms with Crippen molar-refractivity contribution in [2.45, 2.75) is 148 Å². The summed E-state index contributed by atoms with van der Waals surface area (Å²) in [5.41, 5.74) is 2.05. The monoisotopic (exact) mass is 586 g/mol. The lowest BCUT2D eigenvalue weighted by atomic mass is 9.84. The van der Waals surface area contributed by atoms with Gasteiger partial charge < -0.3 is 23.1 Å². The Balaban J connectivity index is 3.29. The molecule has 8 heteroatoms. The van der Waals surface area contributed by atoms with Crippen LogP contribution in [0.3, 0.4) is 0 Å². The molecule has 0 spiro atoms. The lowest BCUT2D eigenvalue weighted by molar-refractivity contribution is -0.0871. The van der Waals surface area contributed by atoms with E-state index in [1.807, 2.05) is 6.08 Å². The molecule has 0 radical (unpaired) electrons. The molecular formula is C30H62O5Si3. The lowest BCUT2D eigenvalue weighted by Gasteiger charge is -2.47. The number of aliphatic hydroxyl groups is 1. The molecule has 0 aromatic carbocycles. The van der Waals surface area contributed by atoms with Crippen molar-refractivity contribution in [3.63, 3.8) is 0 Å². The zero-order chi connectivity index (χ0) is 28.8. The van der Waals surface area contributed by atoms with Crippen molar-refractivity contribution >= 4 is 25.0 Å². The van der Waals surface area contributed by atoms with Crippen LogP contribution in [0.4, 0.5) is 0 Å². The van der Waals surface area contributed by atoms with Crippen LogP contribution in [0, 0.1) is 0 Å². The van der Waals surface area contributed by atoms with Gasteiger partial charge in [0.25, 0.3) is 0 Å². The Hall–Kier alpha value is -0.0694. The molecule has 3 atom stereocenters. The zero-order valence-electron chi connectivity index (χ0n) is 26.5. The molecule has 1 fully saturated rings. The van der Waals surface area contributed by atoms with E-state index in [1.54, 1.807) is 0 Å². The summed E-state index contributed by atoms with van der Waals surface area (Å²) in [6.07, 6.45) is 3.02. The van der Waals surface area contributed by atoms with Gasteiger partial charge >= 0.3 is 0 Å². The van der Waals surface area contributed by atoms with Gasteiger partial charge in [-0.2, -0.15) is 0 Å². The van der Waals surface area contributed by atoms with Crippen molar-refractivity contribution in [2.75, 3.05) is 19.8 Å². The topological polar surface area (TPSA) is 57.2 Å². The maximum atomic E-state index is 9.82. The maximum Gasteiger partial charge on any atom is 0.193 e. The molecule has 5 nitrogen and oxygen atoms in total. The molecule has 0 aliphatic heterocycles. The molecule has 1 saturated carbocycles. The van der Waals surface area contributed by atoms with Crippen LogP contribution in [0.1, 0.15) is 75.2 Å². The van der Waals surface area contributed by atoms with E-state index in [2.05, 4.69) is 68.9 Å². The number of hydrogen-bond donors (Lipinski definition) is 1. The van der Waals surface area contributed by atoms with Crippen molar-refractivity contribution in [1.29, 1.82) is 0 Å². The fourth-order valence-electron chi connectivity index (χ4n) is 6.02. The minimum absolute atomic E-state index is 0.00436. The van der Waals surface area contributed by atoms with Gasteiger partial charge in [-0.3, -0.25) is 0 Å². The standard InChI is InChI=1S/C30H62O5Si3/c1-11-36(12-2,13-3)33-24-20-23-32-30-28(34-37(14-4,15-5)16-6)25-27(21-22-31)26(10)29(30)35-38(17-7,18-8)19-9/h21,28-31H,10-20,22-25H2,1-9H3/b27-21-/t28-,29+,30-/m1/s1. The Labute approximate surface area is 239 Å². The Morgan fingerprint density at radius 3 is 1.66 bits per heavy atom. The molecular weight excluding hydrogens is 525 g/mol. The van der Waals surface area contributed by atoms with Crippen LogP contribution in [0.5, 0.6) is 0 Å². The van der Waals surface area contributed by atoms with Gasteiger partial charge in [-0.1, -0.05) is 75.0 Å². The van der Waals surface area contributed by atoms with Gasteiger partial charge in [-0.15, -0.1) is 0 Å². The van der Waals surface area contributed by atoms with Gasteiger partial charge in [0, 0.05) is 19.6 Å². The minimum atomic E-state index is -1.94. The van der Waals surface area contributed by atoms with Crippen molar-refractivity contribution in [3.05, 3.63) is 23.8 Å². The predicted octanol–water partition coefficient (Wildman–Crippen LogP) is 8.44. The normalized spacial score (nSPS) is 22.4. The van der Waals surface area contributed by atoms with Gasteiger partial charge in [0.2, 0.25) is 0 Å². The number of ether oxygens (including phenoxy) is 1. The summed E-state index contributed by atoms with van der Waals surface area (Å²) in [6, 6.07) is 10.0. The quantitative estimate of drug-likeness (QED) is 0.115. The van der Waals surface area contributed by atoms with Crippen LogP contribution < -0.4 is 0 Å². The molecule has 0 aromatic rings. The first-order valence-electron chi connectivity index (χ1n) is 15.8. The van der Waals surface area contributed by atoms with E-state index in [0.29, 0.717) is 6.61 Å². The summed E-state index contributed by atoms with van der Waals surface area (Å²) in [4.78, 5) is 0. The van der Waals surface area contributed by atoms with E-state index in [-0.39, 0.29) is 24.9 Å². The van der Waals surface area contributed by atoms with E-state index in [1.165, 1.54) is 18.1 Å². The summed E-state index contributed by atoms with van der Waals surface area (Å²) in [6.45, 7) is 26.4. The van der Waals surface area contributed by atoms with Crippen LogP contribution >= 0.6 is 0 Å². The second-order valence-corrected chi connectivity index (χ2v) is 25.3.